The number of nitrogens with one attached hydrogen (secondary N) is 1. The second-order valence-electron chi connectivity index (χ2n) is 3.79. The molecule has 0 radical (unpaired) electrons. The van der Waals surface area contributed by atoms with Crippen molar-refractivity contribution in [2.75, 3.05) is 0 Å². The fourth-order valence-electron chi connectivity index (χ4n) is 1.49. The van der Waals surface area contributed by atoms with E-state index in [1.165, 1.54) is 11.3 Å². The van der Waals surface area contributed by atoms with E-state index in [9.17, 15) is 4.79 Å². The van der Waals surface area contributed by atoms with Gasteiger partial charge in [-0.2, -0.15) is 0 Å². The van der Waals surface area contributed by atoms with Gasteiger partial charge in [-0.05, 0) is 18.6 Å². The third kappa shape index (κ3) is 3.68. The van der Waals surface area contributed by atoms with Crippen molar-refractivity contribution in [1.29, 1.82) is 0 Å². The van der Waals surface area contributed by atoms with E-state index < -0.39 is 0 Å². The highest BCUT2D eigenvalue weighted by atomic mass is 32.1. The number of nitrogens with two attached hydrogens (primary N) is 1. The summed E-state index contributed by atoms with van der Waals surface area (Å²) in [6, 6.07) is 3.62. The van der Waals surface area contributed by atoms with Crippen LogP contribution in [-0.4, -0.2) is 10.9 Å². The molecule has 0 saturated heterocycles. The molecule has 2 rings (SSSR count). The monoisotopic (exact) mass is 265 g/mol. The number of furan rings is 1. The second kappa shape index (κ2) is 6.32. The lowest BCUT2D eigenvalue weighted by atomic mass is 10.2. The average Bonchev–Trinajstić information content (AvgIpc) is 3.04. The van der Waals surface area contributed by atoms with Crippen LogP contribution in [-0.2, 0) is 24.3 Å². The Balaban J connectivity index is 1.71. The normalized spacial score (nSPS) is 10.5. The van der Waals surface area contributed by atoms with Gasteiger partial charge in [-0.15, -0.1) is 11.3 Å². The summed E-state index contributed by atoms with van der Waals surface area (Å²) in [5.74, 6) is 0.746. The number of thiazole rings is 1. The van der Waals surface area contributed by atoms with E-state index in [1.54, 1.807) is 12.3 Å². The first kappa shape index (κ1) is 12.8. The quantitative estimate of drug-likeness (QED) is 0.828. The summed E-state index contributed by atoms with van der Waals surface area (Å²) in [5.41, 5.74) is 6.40. The van der Waals surface area contributed by atoms with Crippen LogP contribution in [0.3, 0.4) is 0 Å². The van der Waals surface area contributed by atoms with Crippen molar-refractivity contribution in [1.82, 2.24) is 10.3 Å². The fourth-order valence-corrected chi connectivity index (χ4v) is 2.20. The summed E-state index contributed by atoms with van der Waals surface area (Å²) in [6.07, 6.45) is 2.65. The van der Waals surface area contributed by atoms with E-state index in [1.807, 2.05) is 11.4 Å². The summed E-state index contributed by atoms with van der Waals surface area (Å²) in [7, 11) is 0. The maximum atomic E-state index is 11.6. The third-order valence-corrected chi connectivity index (χ3v) is 3.34. The van der Waals surface area contributed by atoms with Crippen LogP contribution < -0.4 is 11.1 Å². The predicted molar refractivity (Wildman–Crippen MR) is 68.9 cm³/mol. The Labute approximate surface area is 109 Å². The Kier molecular flexibility index (Phi) is 4.49. The first-order chi connectivity index (χ1) is 8.78. The van der Waals surface area contributed by atoms with Gasteiger partial charge in [0.2, 0.25) is 5.91 Å². The number of aryl methyl sites for hydroxylation is 1. The number of carbonyl (C=O) groups excluding carboxylic acids is 1. The van der Waals surface area contributed by atoms with Crippen LogP contribution >= 0.6 is 11.3 Å². The number of nitrogens with zero attached hydrogens (tertiary/aromatic N) is 1. The van der Waals surface area contributed by atoms with Crippen LogP contribution in [0.15, 0.2) is 28.2 Å². The lowest BCUT2D eigenvalue weighted by Gasteiger charge is -2.01. The highest BCUT2D eigenvalue weighted by molar-refractivity contribution is 7.09. The van der Waals surface area contributed by atoms with Crippen molar-refractivity contribution in [2.45, 2.75) is 25.9 Å². The average molecular weight is 265 g/mol. The van der Waals surface area contributed by atoms with Crippen molar-refractivity contribution in [2.24, 2.45) is 5.73 Å². The van der Waals surface area contributed by atoms with Crippen molar-refractivity contribution >= 4 is 17.2 Å². The Morgan fingerprint density at radius 3 is 3.11 bits per heavy atom. The topological polar surface area (TPSA) is 81.1 Å². The Hall–Kier alpha value is -1.66. The Morgan fingerprint density at radius 1 is 1.56 bits per heavy atom. The number of rotatable bonds is 6. The molecule has 6 heteroatoms. The summed E-state index contributed by atoms with van der Waals surface area (Å²) in [6.45, 7) is 0.881. The highest BCUT2D eigenvalue weighted by Crippen LogP contribution is 2.10. The molecule has 0 unspecified atom stereocenters. The van der Waals surface area contributed by atoms with E-state index in [-0.39, 0.29) is 5.91 Å². The van der Waals surface area contributed by atoms with Crippen molar-refractivity contribution < 1.29 is 9.21 Å². The lowest BCUT2D eigenvalue weighted by Crippen LogP contribution is -2.22. The summed E-state index contributed by atoms with van der Waals surface area (Å²) >= 11 is 1.53. The Bertz CT molecular complexity index is 493. The van der Waals surface area contributed by atoms with Crippen LogP contribution in [0, 0.1) is 0 Å². The van der Waals surface area contributed by atoms with Crippen LogP contribution in [0.2, 0.25) is 0 Å². The van der Waals surface area contributed by atoms with Gasteiger partial charge in [0.25, 0.3) is 0 Å². The number of carbonyl (C=O) groups is 1. The molecule has 0 aliphatic heterocycles. The molecule has 2 aromatic rings. The van der Waals surface area contributed by atoms with Gasteiger partial charge in [-0.25, -0.2) is 4.98 Å². The number of hydrogen-bond acceptors (Lipinski definition) is 5. The van der Waals surface area contributed by atoms with Gasteiger partial charge in [0.05, 0.1) is 18.5 Å². The second-order valence-corrected chi connectivity index (χ2v) is 4.74. The molecule has 0 aliphatic rings. The van der Waals surface area contributed by atoms with E-state index >= 15 is 0 Å². The number of hydrogen-bond donors (Lipinski definition) is 2. The van der Waals surface area contributed by atoms with E-state index in [2.05, 4.69) is 10.3 Å². The molecule has 2 heterocycles. The zero-order valence-corrected chi connectivity index (χ0v) is 10.7. The number of aromatic nitrogens is 1. The van der Waals surface area contributed by atoms with E-state index in [0.29, 0.717) is 25.9 Å². The molecule has 0 atom stereocenters. The SMILES string of the molecule is NCc1nc(CCC(=O)NCc2ccco2)cs1. The summed E-state index contributed by atoms with van der Waals surface area (Å²) < 4.78 is 5.13. The van der Waals surface area contributed by atoms with Crippen molar-refractivity contribution in [3.05, 3.63) is 40.2 Å². The smallest absolute Gasteiger partial charge is 0.220 e. The fraction of sp³-hybridized carbons (Fsp3) is 0.333. The van der Waals surface area contributed by atoms with Gasteiger partial charge < -0.3 is 15.5 Å². The summed E-state index contributed by atoms with van der Waals surface area (Å²) in [4.78, 5) is 15.9. The third-order valence-electron chi connectivity index (χ3n) is 2.42. The predicted octanol–water partition coefficient (Wildman–Crippen LogP) is 1.44. The van der Waals surface area contributed by atoms with Crippen LogP contribution in [0.5, 0.6) is 0 Å². The minimum atomic E-state index is -0.00583. The van der Waals surface area contributed by atoms with Crippen molar-refractivity contribution in [3.8, 4) is 0 Å². The van der Waals surface area contributed by atoms with Gasteiger partial charge in [0, 0.05) is 18.3 Å². The van der Waals surface area contributed by atoms with Gasteiger partial charge in [0.1, 0.15) is 10.8 Å². The molecule has 0 spiro atoms. The molecule has 2 aromatic heterocycles. The summed E-state index contributed by atoms with van der Waals surface area (Å²) in [5, 5.41) is 5.64. The molecule has 0 saturated carbocycles. The molecule has 5 nitrogen and oxygen atoms in total. The van der Waals surface area contributed by atoms with Gasteiger partial charge in [0.15, 0.2) is 0 Å². The van der Waals surface area contributed by atoms with E-state index in [0.717, 1.165) is 16.5 Å². The first-order valence-electron chi connectivity index (χ1n) is 5.70. The molecule has 0 aliphatic carbocycles. The largest absolute Gasteiger partial charge is 0.467 e. The van der Waals surface area contributed by atoms with Crippen LogP contribution in [0.4, 0.5) is 0 Å². The zero-order valence-electron chi connectivity index (χ0n) is 9.89. The Morgan fingerprint density at radius 2 is 2.44 bits per heavy atom. The maximum Gasteiger partial charge on any atom is 0.220 e. The number of amides is 1. The van der Waals surface area contributed by atoms with Crippen molar-refractivity contribution in [3.63, 3.8) is 0 Å². The molecule has 18 heavy (non-hydrogen) atoms. The minimum absolute atomic E-state index is 0.00583. The highest BCUT2D eigenvalue weighted by Gasteiger charge is 2.06. The van der Waals surface area contributed by atoms with E-state index in [4.69, 9.17) is 10.2 Å². The molecular weight excluding hydrogens is 250 g/mol. The zero-order chi connectivity index (χ0) is 12.8. The van der Waals surface area contributed by atoms with Gasteiger partial charge in [-0.1, -0.05) is 0 Å². The minimum Gasteiger partial charge on any atom is -0.467 e. The van der Waals surface area contributed by atoms with Gasteiger partial charge >= 0.3 is 0 Å². The lowest BCUT2D eigenvalue weighted by molar-refractivity contribution is -0.121. The maximum absolute atomic E-state index is 11.6. The van der Waals surface area contributed by atoms with Crippen LogP contribution in [0.1, 0.15) is 22.9 Å². The molecule has 0 aromatic carbocycles. The molecule has 0 bridgehead atoms. The molecule has 96 valence electrons. The molecular formula is C12H15N3O2S. The molecule has 0 fully saturated rings. The molecule has 1 amide bonds. The van der Waals surface area contributed by atoms with Gasteiger partial charge in [-0.3, -0.25) is 4.79 Å². The molecule has 3 N–H and O–H groups in total. The van der Waals surface area contributed by atoms with Crippen LogP contribution in [0.25, 0.3) is 0 Å². The standard InChI is InChI=1S/C12H15N3O2S/c13-6-12-15-9(8-18-12)3-4-11(16)14-7-10-2-1-5-17-10/h1-2,5,8H,3-4,6-7,13H2,(H,14,16). The first-order valence-corrected chi connectivity index (χ1v) is 6.58.